The molecule has 3 heteroatoms. The van der Waals surface area contributed by atoms with Crippen LogP contribution in [0.2, 0.25) is 0 Å². The summed E-state index contributed by atoms with van der Waals surface area (Å²) < 4.78 is 11.1. The van der Waals surface area contributed by atoms with Crippen LogP contribution in [0.1, 0.15) is 45.2 Å². The van der Waals surface area contributed by atoms with E-state index in [0.717, 1.165) is 31.4 Å². The highest BCUT2D eigenvalue weighted by molar-refractivity contribution is 5.29. The third-order valence-corrected chi connectivity index (χ3v) is 3.78. The minimum Gasteiger partial charge on any atom is -0.491 e. The summed E-state index contributed by atoms with van der Waals surface area (Å²) in [5, 5.41) is 3.59. The number of hydrogen-bond donors (Lipinski definition) is 1. The van der Waals surface area contributed by atoms with Gasteiger partial charge in [0.05, 0.1) is 6.10 Å². The van der Waals surface area contributed by atoms with Crippen molar-refractivity contribution < 1.29 is 9.47 Å². The van der Waals surface area contributed by atoms with E-state index in [-0.39, 0.29) is 6.10 Å². The van der Waals surface area contributed by atoms with Crippen LogP contribution in [0.4, 0.5) is 0 Å². The zero-order chi connectivity index (χ0) is 14.4. The van der Waals surface area contributed by atoms with Crippen molar-refractivity contribution in [1.82, 2.24) is 5.32 Å². The third-order valence-electron chi connectivity index (χ3n) is 3.78. The second-order valence-electron chi connectivity index (χ2n) is 5.93. The lowest BCUT2D eigenvalue weighted by molar-refractivity contribution is 0.184. The summed E-state index contributed by atoms with van der Waals surface area (Å²) in [6, 6.07) is 8.78. The molecule has 20 heavy (non-hydrogen) atoms. The molecule has 1 heterocycles. The summed E-state index contributed by atoms with van der Waals surface area (Å²) >= 11 is 0. The average molecular weight is 277 g/mol. The van der Waals surface area contributed by atoms with Gasteiger partial charge in [-0.2, -0.15) is 0 Å². The molecule has 0 aliphatic carbocycles. The average Bonchev–Trinajstić information content (AvgIpc) is 2.92. The Morgan fingerprint density at radius 3 is 2.60 bits per heavy atom. The lowest BCUT2D eigenvalue weighted by Gasteiger charge is -2.17. The Hall–Kier alpha value is -1.06. The monoisotopic (exact) mass is 277 g/mol. The van der Waals surface area contributed by atoms with E-state index < -0.39 is 0 Å². The molecule has 0 bridgehead atoms. The highest BCUT2D eigenvalue weighted by Crippen LogP contribution is 2.19. The van der Waals surface area contributed by atoms with Crippen LogP contribution in [-0.2, 0) is 4.74 Å². The molecule has 1 aliphatic heterocycles. The van der Waals surface area contributed by atoms with Crippen LogP contribution in [-0.4, -0.2) is 25.9 Å². The summed E-state index contributed by atoms with van der Waals surface area (Å²) in [4.78, 5) is 0. The Kier molecular flexibility index (Phi) is 5.86. The van der Waals surface area contributed by atoms with Gasteiger partial charge in [-0.25, -0.2) is 0 Å². The number of hydrogen-bond acceptors (Lipinski definition) is 3. The molecule has 1 saturated heterocycles. The second-order valence-corrected chi connectivity index (χ2v) is 5.93. The molecule has 1 fully saturated rings. The van der Waals surface area contributed by atoms with Gasteiger partial charge in [-0.1, -0.05) is 12.1 Å². The summed E-state index contributed by atoms with van der Waals surface area (Å²) in [6.45, 7) is 9.24. The fraction of sp³-hybridized carbons (Fsp3) is 0.647. The first kappa shape index (κ1) is 15.3. The zero-order valence-corrected chi connectivity index (χ0v) is 12.9. The quantitative estimate of drug-likeness (QED) is 0.826. The molecule has 1 aromatic rings. The van der Waals surface area contributed by atoms with Crippen molar-refractivity contribution in [2.24, 2.45) is 5.92 Å². The van der Waals surface area contributed by atoms with Gasteiger partial charge < -0.3 is 14.8 Å². The van der Waals surface area contributed by atoms with Crippen molar-refractivity contribution >= 4 is 0 Å². The molecule has 1 aromatic carbocycles. The van der Waals surface area contributed by atoms with Gasteiger partial charge in [0.15, 0.2) is 0 Å². The van der Waals surface area contributed by atoms with Gasteiger partial charge in [0.1, 0.15) is 5.75 Å². The fourth-order valence-electron chi connectivity index (χ4n) is 2.54. The van der Waals surface area contributed by atoms with Crippen LogP contribution in [0, 0.1) is 5.92 Å². The third kappa shape index (κ3) is 4.80. The van der Waals surface area contributed by atoms with E-state index in [1.54, 1.807) is 0 Å². The molecule has 1 N–H and O–H groups in total. The van der Waals surface area contributed by atoms with Gasteiger partial charge >= 0.3 is 0 Å². The van der Waals surface area contributed by atoms with Crippen LogP contribution in [0.5, 0.6) is 5.75 Å². The van der Waals surface area contributed by atoms with Crippen molar-refractivity contribution in [2.45, 2.75) is 45.8 Å². The maximum absolute atomic E-state index is 5.66. The Morgan fingerprint density at radius 2 is 2.00 bits per heavy atom. The highest BCUT2D eigenvalue weighted by atomic mass is 16.5. The maximum Gasteiger partial charge on any atom is 0.119 e. The summed E-state index contributed by atoms with van der Waals surface area (Å²) in [5.74, 6) is 1.69. The van der Waals surface area contributed by atoms with E-state index in [4.69, 9.17) is 9.47 Å². The number of benzene rings is 1. The van der Waals surface area contributed by atoms with Crippen LogP contribution < -0.4 is 10.1 Å². The van der Waals surface area contributed by atoms with Gasteiger partial charge in [-0.3, -0.25) is 0 Å². The van der Waals surface area contributed by atoms with Crippen molar-refractivity contribution in [3.05, 3.63) is 29.8 Å². The summed E-state index contributed by atoms with van der Waals surface area (Å²) in [7, 11) is 0. The Bertz CT molecular complexity index is 382. The Balaban J connectivity index is 1.75. The van der Waals surface area contributed by atoms with Gasteiger partial charge in [0.2, 0.25) is 0 Å². The molecule has 0 radical (unpaired) electrons. The molecule has 2 unspecified atom stereocenters. The van der Waals surface area contributed by atoms with E-state index in [1.165, 1.54) is 18.4 Å². The largest absolute Gasteiger partial charge is 0.491 e. The smallest absolute Gasteiger partial charge is 0.119 e. The van der Waals surface area contributed by atoms with Gasteiger partial charge in [0.25, 0.3) is 0 Å². The van der Waals surface area contributed by atoms with Crippen LogP contribution in [0.3, 0.4) is 0 Å². The predicted molar refractivity (Wildman–Crippen MR) is 82.2 cm³/mol. The van der Waals surface area contributed by atoms with E-state index in [9.17, 15) is 0 Å². The van der Waals surface area contributed by atoms with Gasteiger partial charge in [-0.15, -0.1) is 0 Å². The summed E-state index contributed by atoms with van der Waals surface area (Å²) in [6.07, 6.45) is 2.65. The highest BCUT2D eigenvalue weighted by Gasteiger charge is 2.15. The first-order valence-electron chi connectivity index (χ1n) is 7.73. The first-order valence-corrected chi connectivity index (χ1v) is 7.73. The molecule has 3 nitrogen and oxygen atoms in total. The van der Waals surface area contributed by atoms with Crippen LogP contribution in [0.25, 0.3) is 0 Å². The Labute approximate surface area is 122 Å². The van der Waals surface area contributed by atoms with Crippen LogP contribution >= 0.6 is 0 Å². The minimum atomic E-state index is 0.227. The van der Waals surface area contributed by atoms with E-state index in [1.807, 2.05) is 13.8 Å². The van der Waals surface area contributed by atoms with Gasteiger partial charge in [-0.05, 0) is 63.8 Å². The Morgan fingerprint density at radius 1 is 1.25 bits per heavy atom. The maximum atomic E-state index is 5.66. The number of nitrogens with one attached hydrogen (secondary N) is 1. The molecule has 2 atom stereocenters. The van der Waals surface area contributed by atoms with E-state index in [2.05, 4.69) is 36.5 Å². The SMILES string of the molecule is CC(C)Oc1ccc(C(C)NCCC2CCOC2)cc1. The lowest BCUT2D eigenvalue weighted by atomic mass is 10.0. The number of ether oxygens (including phenoxy) is 2. The van der Waals surface area contributed by atoms with Crippen LogP contribution in [0.15, 0.2) is 24.3 Å². The second kappa shape index (κ2) is 7.65. The minimum absolute atomic E-state index is 0.227. The predicted octanol–water partition coefficient (Wildman–Crippen LogP) is 3.55. The molecular formula is C17H27NO2. The molecule has 0 aromatic heterocycles. The molecular weight excluding hydrogens is 250 g/mol. The fourth-order valence-corrected chi connectivity index (χ4v) is 2.54. The van der Waals surface area contributed by atoms with Crippen molar-refractivity contribution in [3.63, 3.8) is 0 Å². The standard InChI is InChI=1S/C17H27NO2/c1-13(2)20-17-6-4-16(5-7-17)14(3)18-10-8-15-9-11-19-12-15/h4-7,13-15,18H,8-12H2,1-3H3. The van der Waals surface area contributed by atoms with E-state index >= 15 is 0 Å². The van der Waals surface area contributed by atoms with E-state index in [0.29, 0.717) is 6.04 Å². The molecule has 0 saturated carbocycles. The van der Waals surface area contributed by atoms with Crippen molar-refractivity contribution in [2.75, 3.05) is 19.8 Å². The normalized spacial score (nSPS) is 20.3. The molecule has 1 aliphatic rings. The molecule has 112 valence electrons. The van der Waals surface area contributed by atoms with Crippen molar-refractivity contribution in [1.29, 1.82) is 0 Å². The lowest BCUT2D eigenvalue weighted by Crippen LogP contribution is -2.22. The number of rotatable bonds is 7. The summed E-state index contributed by atoms with van der Waals surface area (Å²) in [5.41, 5.74) is 1.31. The van der Waals surface area contributed by atoms with Crippen molar-refractivity contribution in [3.8, 4) is 5.75 Å². The van der Waals surface area contributed by atoms with Gasteiger partial charge in [0, 0.05) is 19.3 Å². The molecule has 0 amide bonds. The zero-order valence-electron chi connectivity index (χ0n) is 12.9. The topological polar surface area (TPSA) is 30.5 Å². The first-order chi connectivity index (χ1) is 9.65. The molecule has 2 rings (SSSR count). The molecule has 0 spiro atoms.